The Balaban J connectivity index is 2.16. The molecule has 0 spiro atoms. The fraction of sp³-hybridized carbons (Fsp3) is 0.625. The number of hydrogen-bond acceptors (Lipinski definition) is 5. The van der Waals surface area contributed by atoms with E-state index in [-0.39, 0.29) is 5.97 Å². The van der Waals surface area contributed by atoms with Crippen LogP contribution in [-0.2, 0) is 14.3 Å². The van der Waals surface area contributed by atoms with E-state index < -0.39 is 0 Å². The maximum Gasteiger partial charge on any atom is 0.331 e. The Morgan fingerprint density at radius 3 is 2.85 bits per heavy atom. The number of carbonyl (C=O) groups is 1. The van der Waals surface area contributed by atoms with Crippen LogP contribution < -0.4 is 5.43 Å². The molecule has 0 bridgehead atoms. The lowest BCUT2D eigenvalue weighted by Crippen LogP contribution is -2.43. The summed E-state index contributed by atoms with van der Waals surface area (Å²) in [5, 5.41) is 1.98. The van der Waals surface area contributed by atoms with Crippen LogP contribution in [0.1, 0.15) is 0 Å². The van der Waals surface area contributed by atoms with Gasteiger partial charge in [-0.25, -0.2) is 9.80 Å². The zero-order chi connectivity index (χ0) is 9.52. The lowest BCUT2D eigenvalue weighted by Gasteiger charge is -2.25. The minimum absolute atomic E-state index is 0.360. The largest absolute Gasteiger partial charge is 0.466 e. The minimum atomic E-state index is -0.360. The van der Waals surface area contributed by atoms with Gasteiger partial charge in [0.25, 0.3) is 0 Å². The molecule has 1 fully saturated rings. The van der Waals surface area contributed by atoms with Gasteiger partial charge in [-0.15, -0.1) is 0 Å². The molecule has 0 aromatic rings. The van der Waals surface area contributed by atoms with E-state index in [2.05, 4.69) is 10.2 Å². The van der Waals surface area contributed by atoms with E-state index in [1.807, 2.05) is 5.01 Å². The van der Waals surface area contributed by atoms with Gasteiger partial charge in [-0.3, -0.25) is 0 Å². The standard InChI is InChI=1S/C8H14N2O3/c1-12-8(11)2-3-9-10-4-6-13-7-5-10/h2-3,9H,4-7H2,1H3/b3-2+. The Labute approximate surface area is 77.3 Å². The van der Waals surface area contributed by atoms with Gasteiger partial charge in [-0.2, -0.15) is 0 Å². The summed E-state index contributed by atoms with van der Waals surface area (Å²) in [6.07, 6.45) is 2.91. The van der Waals surface area contributed by atoms with E-state index in [1.54, 1.807) is 6.20 Å². The average molecular weight is 186 g/mol. The summed E-state index contributed by atoms with van der Waals surface area (Å²) in [7, 11) is 1.35. The van der Waals surface area contributed by atoms with Crippen molar-refractivity contribution in [1.29, 1.82) is 0 Å². The molecule has 74 valence electrons. The Bertz CT molecular complexity index is 188. The van der Waals surface area contributed by atoms with E-state index in [0.29, 0.717) is 0 Å². The van der Waals surface area contributed by atoms with Crippen LogP contribution in [0.2, 0.25) is 0 Å². The molecule has 1 aliphatic rings. The molecule has 0 amide bonds. The first-order valence-electron chi connectivity index (χ1n) is 4.16. The molecule has 0 aromatic heterocycles. The summed E-state index contributed by atoms with van der Waals surface area (Å²) >= 11 is 0. The van der Waals surface area contributed by atoms with Crippen molar-refractivity contribution in [3.05, 3.63) is 12.3 Å². The molecule has 0 aliphatic carbocycles. The summed E-state index contributed by atoms with van der Waals surface area (Å²) in [6, 6.07) is 0. The van der Waals surface area contributed by atoms with Gasteiger partial charge in [-0.05, 0) is 0 Å². The Kier molecular flexibility index (Phi) is 4.28. The predicted octanol–water partition coefficient (Wildman–Crippen LogP) is -0.490. The summed E-state index contributed by atoms with van der Waals surface area (Å²) in [6.45, 7) is 3.09. The summed E-state index contributed by atoms with van der Waals surface area (Å²) in [5.41, 5.74) is 2.96. The lowest BCUT2D eigenvalue weighted by molar-refractivity contribution is -0.134. The maximum absolute atomic E-state index is 10.7. The molecule has 1 rings (SSSR count). The van der Waals surface area contributed by atoms with Gasteiger partial charge in [-0.1, -0.05) is 0 Å². The van der Waals surface area contributed by atoms with Crippen molar-refractivity contribution in [1.82, 2.24) is 10.4 Å². The molecular weight excluding hydrogens is 172 g/mol. The molecule has 1 N–H and O–H groups in total. The van der Waals surface area contributed by atoms with Crippen LogP contribution in [0.4, 0.5) is 0 Å². The van der Waals surface area contributed by atoms with Gasteiger partial charge in [0, 0.05) is 25.4 Å². The van der Waals surface area contributed by atoms with Gasteiger partial charge >= 0.3 is 5.97 Å². The topological polar surface area (TPSA) is 50.8 Å². The number of methoxy groups -OCH3 is 1. The number of esters is 1. The van der Waals surface area contributed by atoms with Crippen molar-refractivity contribution >= 4 is 5.97 Å². The highest BCUT2D eigenvalue weighted by Gasteiger charge is 2.07. The van der Waals surface area contributed by atoms with E-state index >= 15 is 0 Å². The quantitative estimate of drug-likeness (QED) is 0.476. The number of rotatable bonds is 3. The van der Waals surface area contributed by atoms with Gasteiger partial charge in [0.15, 0.2) is 0 Å². The molecular formula is C8H14N2O3. The Morgan fingerprint density at radius 1 is 1.54 bits per heavy atom. The first kappa shape index (κ1) is 10.0. The molecule has 0 atom stereocenters. The SMILES string of the molecule is COC(=O)/C=C/NN1CCOCC1. The minimum Gasteiger partial charge on any atom is -0.466 e. The van der Waals surface area contributed by atoms with Crippen molar-refractivity contribution in [2.24, 2.45) is 0 Å². The third-order valence-electron chi connectivity index (χ3n) is 1.69. The fourth-order valence-corrected chi connectivity index (χ4v) is 0.971. The third-order valence-corrected chi connectivity index (χ3v) is 1.69. The lowest BCUT2D eigenvalue weighted by atomic mass is 10.5. The monoisotopic (exact) mass is 186 g/mol. The molecule has 13 heavy (non-hydrogen) atoms. The Morgan fingerprint density at radius 2 is 2.23 bits per heavy atom. The zero-order valence-corrected chi connectivity index (χ0v) is 7.66. The maximum atomic E-state index is 10.7. The first-order chi connectivity index (χ1) is 6.33. The van der Waals surface area contributed by atoms with Crippen LogP contribution >= 0.6 is 0 Å². The number of nitrogens with zero attached hydrogens (tertiary/aromatic N) is 1. The van der Waals surface area contributed by atoms with Crippen LogP contribution in [0.5, 0.6) is 0 Å². The van der Waals surface area contributed by atoms with Crippen molar-refractivity contribution in [2.75, 3.05) is 33.4 Å². The van der Waals surface area contributed by atoms with E-state index in [1.165, 1.54) is 13.2 Å². The highest BCUT2D eigenvalue weighted by molar-refractivity contribution is 5.81. The van der Waals surface area contributed by atoms with E-state index in [9.17, 15) is 4.79 Å². The van der Waals surface area contributed by atoms with Crippen molar-refractivity contribution in [3.8, 4) is 0 Å². The number of hydrogen-bond donors (Lipinski definition) is 1. The first-order valence-corrected chi connectivity index (χ1v) is 4.16. The summed E-state index contributed by atoms with van der Waals surface area (Å²) in [4.78, 5) is 10.7. The van der Waals surface area contributed by atoms with Gasteiger partial charge in [0.05, 0.1) is 20.3 Å². The third kappa shape index (κ3) is 3.91. The molecule has 0 aromatic carbocycles. The smallest absolute Gasteiger partial charge is 0.331 e. The highest BCUT2D eigenvalue weighted by atomic mass is 16.5. The number of ether oxygens (including phenoxy) is 2. The molecule has 1 heterocycles. The van der Waals surface area contributed by atoms with Gasteiger partial charge in [0.2, 0.25) is 0 Å². The highest BCUT2D eigenvalue weighted by Crippen LogP contribution is 1.91. The molecule has 1 saturated heterocycles. The number of hydrazine groups is 1. The number of nitrogens with one attached hydrogen (secondary N) is 1. The van der Waals surface area contributed by atoms with E-state index in [4.69, 9.17) is 4.74 Å². The normalized spacial score (nSPS) is 18.8. The second-order valence-corrected chi connectivity index (χ2v) is 2.59. The second kappa shape index (κ2) is 5.55. The zero-order valence-electron chi connectivity index (χ0n) is 7.66. The van der Waals surface area contributed by atoms with Crippen LogP contribution in [0.25, 0.3) is 0 Å². The van der Waals surface area contributed by atoms with Crippen molar-refractivity contribution in [2.45, 2.75) is 0 Å². The summed E-state index contributed by atoms with van der Waals surface area (Å²) < 4.78 is 9.58. The van der Waals surface area contributed by atoms with Crippen LogP contribution in [0.3, 0.4) is 0 Å². The van der Waals surface area contributed by atoms with Crippen LogP contribution in [0, 0.1) is 0 Å². The van der Waals surface area contributed by atoms with Crippen LogP contribution in [-0.4, -0.2) is 44.4 Å². The molecule has 5 nitrogen and oxygen atoms in total. The second-order valence-electron chi connectivity index (χ2n) is 2.59. The molecule has 5 heteroatoms. The predicted molar refractivity (Wildman–Crippen MR) is 46.7 cm³/mol. The molecule has 0 saturated carbocycles. The number of carbonyl (C=O) groups excluding carboxylic acids is 1. The van der Waals surface area contributed by atoms with Crippen LogP contribution in [0.15, 0.2) is 12.3 Å². The molecule has 0 radical (unpaired) electrons. The number of morpholine rings is 1. The molecule has 1 aliphatic heterocycles. The van der Waals surface area contributed by atoms with Gasteiger partial charge in [0.1, 0.15) is 0 Å². The molecule has 0 unspecified atom stereocenters. The Hall–Kier alpha value is -1.07. The van der Waals surface area contributed by atoms with Crippen molar-refractivity contribution in [3.63, 3.8) is 0 Å². The summed E-state index contributed by atoms with van der Waals surface area (Å²) in [5.74, 6) is -0.360. The van der Waals surface area contributed by atoms with E-state index in [0.717, 1.165) is 26.3 Å². The fourth-order valence-electron chi connectivity index (χ4n) is 0.971. The van der Waals surface area contributed by atoms with Gasteiger partial charge < -0.3 is 14.9 Å². The van der Waals surface area contributed by atoms with Crippen molar-refractivity contribution < 1.29 is 14.3 Å². The average Bonchev–Trinajstić information content (AvgIpc) is 2.19.